The summed E-state index contributed by atoms with van der Waals surface area (Å²) >= 11 is 0. The molecule has 0 aromatic carbocycles. The van der Waals surface area contributed by atoms with E-state index < -0.39 is 0 Å². The largest absolute Gasteiger partial charge is 0.329 e. The number of rotatable bonds is 5. The smallest absolute Gasteiger partial charge is 0.0964 e. The van der Waals surface area contributed by atoms with Crippen LogP contribution in [0.5, 0.6) is 0 Å². The molecule has 3 N–H and O–H groups in total. The van der Waals surface area contributed by atoms with E-state index in [1.54, 1.807) is 4.68 Å². The van der Waals surface area contributed by atoms with Crippen LogP contribution in [0.15, 0.2) is 6.20 Å². The topological polar surface area (TPSA) is 68.8 Å². The van der Waals surface area contributed by atoms with Crippen LogP contribution in [0, 0.1) is 10.8 Å². The highest BCUT2D eigenvalue weighted by Gasteiger charge is 2.64. The fourth-order valence-corrected chi connectivity index (χ4v) is 2.57. The van der Waals surface area contributed by atoms with Gasteiger partial charge in [0.2, 0.25) is 0 Å². The van der Waals surface area contributed by atoms with Gasteiger partial charge in [-0.25, -0.2) is 0 Å². The zero-order valence-corrected chi connectivity index (χ0v) is 11.2. The van der Waals surface area contributed by atoms with Crippen molar-refractivity contribution in [1.82, 2.24) is 20.3 Å². The van der Waals surface area contributed by atoms with Gasteiger partial charge in [-0.05, 0) is 10.8 Å². The molecule has 0 bridgehead atoms. The van der Waals surface area contributed by atoms with Crippen molar-refractivity contribution in [3.8, 4) is 0 Å². The van der Waals surface area contributed by atoms with Gasteiger partial charge in [-0.1, -0.05) is 32.9 Å². The van der Waals surface area contributed by atoms with Crippen molar-refractivity contribution >= 4 is 0 Å². The normalized spacial score (nSPS) is 21.7. The number of nitrogens with zero attached hydrogens (tertiary/aromatic N) is 3. The maximum Gasteiger partial charge on any atom is 0.0964 e. The van der Waals surface area contributed by atoms with Crippen LogP contribution in [0.25, 0.3) is 0 Å². The van der Waals surface area contributed by atoms with Gasteiger partial charge in [0.05, 0.1) is 12.2 Å². The number of hydrogen-bond acceptors (Lipinski definition) is 4. The summed E-state index contributed by atoms with van der Waals surface area (Å²) in [6.07, 6.45) is 1.96. The molecule has 1 fully saturated rings. The van der Waals surface area contributed by atoms with Crippen LogP contribution in [-0.4, -0.2) is 27.6 Å². The predicted molar refractivity (Wildman–Crippen MR) is 67.3 cm³/mol. The minimum Gasteiger partial charge on any atom is -0.329 e. The molecular weight excluding hydrogens is 214 g/mol. The molecule has 1 aromatic heterocycles. The van der Waals surface area contributed by atoms with Crippen LogP contribution < -0.4 is 11.1 Å². The molecule has 17 heavy (non-hydrogen) atoms. The average molecular weight is 237 g/mol. The van der Waals surface area contributed by atoms with Crippen LogP contribution >= 0.6 is 0 Å². The SMILES string of the molecule is CC1(C)C(NCc2cn(CCN)nn2)C1(C)C. The molecule has 5 heteroatoms. The number of hydrogen-bond donors (Lipinski definition) is 2. The van der Waals surface area contributed by atoms with Crippen molar-refractivity contribution in [3.63, 3.8) is 0 Å². The fraction of sp³-hybridized carbons (Fsp3) is 0.833. The Morgan fingerprint density at radius 1 is 1.35 bits per heavy atom. The standard InChI is InChI=1S/C12H23N5/c1-11(2)10(12(11,3)4)14-7-9-8-17(6-5-13)16-15-9/h8,10,14H,5-7,13H2,1-4H3. The molecule has 5 nitrogen and oxygen atoms in total. The predicted octanol–water partition coefficient (Wildman–Crippen LogP) is 0.761. The first kappa shape index (κ1) is 12.5. The summed E-state index contributed by atoms with van der Waals surface area (Å²) in [6, 6.07) is 0.551. The van der Waals surface area contributed by atoms with Gasteiger partial charge in [0.1, 0.15) is 0 Å². The summed E-state index contributed by atoms with van der Waals surface area (Å²) in [5.74, 6) is 0. The van der Waals surface area contributed by atoms with E-state index in [4.69, 9.17) is 5.73 Å². The average Bonchev–Trinajstić information content (AvgIpc) is 2.59. The lowest BCUT2D eigenvalue weighted by atomic mass is 10.0. The third-order valence-corrected chi connectivity index (χ3v) is 4.45. The first-order valence-corrected chi connectivity index (χ1v) is 6.22. The highest BCUT2D eigenvalue weighted by Crippen LogP contribution is 2.62. The first-order chi connectivity index (χ1) is 7.89. The van der Waals surface area contributed by atoms with Gasteiger partial charge >= 0.3 is 0 Å². The summed E-state index contributed by atoms with van der Waals surface area (Å²) in [5, 5.41) is 11.7. The van der Waals surface area contributed by atoms with Crippen molar-refractivity contribution in [2.45, 2.75) is 46.8 Å². The molecule has 1 aliphatic rings. The summed E-state index contributed by atoms with van der Waals surface area (Å²) in [4.78, 5) is 0. The summed E-state index contributed by atoms with van der Waals surface area (Å²) in [5.41, 5.74) is 7.17. The first-order valence-electron chi connectivity index (χ1n) is 6.22. The van der Waals surface area contributed by atoms with Crippen LogP contribution in [0.4, 0.5) is 0 Å². The molecule has 0 unspecified atom stereocenters. The number of nitrogens with two attached hydrogens (primary N) is 1. The van der Waals surface area contributed by atoms with Crippen molar-refractivity contribution in [1.29, 1.82) is 0 Å². The van der Waals surface area contributed by atoms with Gasteiger partial charge in [-0.15, -0.1) is 5.10 Å². The van der Waals surface area contributed by atoms with Crippen molar-refractivity contribution in [3.05, 3.63) is 11.9 Å². The molecular formula is C12H23N5. The molecule has 0 aliphatic heterocycles. The quantitative estimate of drug-likeness (QED) is 0.793. The molecule has 0 saturated heterocycles. The second-order valence-electron chi connectivity index (χ2n) is 6.02. The fourth-order valence-electron chi connectivity index (χ4n) is 2.57. The van der Waals surface area contributed by atoms with Crippen molar-refractivity contribution in [2.75, 3.05) is 6.54 Å². The van der Waals surface area contributed by atoms with E-state index >= 15 is 0 Å². The number of nitrogens with one attached hydrogen (secondary N) is 1. The Kier molecular flexibility index (Phi) is 2.99. The Labute approximate surface area is 103 Å². The lowest BCUT2D eigenvalue weighted by Gasteiger charge is -2.03. The molecule has 1 heterocycles. The molecule has 1 aliphatic carbocycles. The molecule has 0 radical (unpaired) electrons. The Balaban J connectivity index is 1.87. The zero-order valence-electron chi connectivity index (χ0n) is 11.2. The second kappa shape index (κ2) is 4.07. The molecule has 0 atom stereocenters. The van der Waals surface area contributed by atoms with E-state index in [0.717, 1.165) is 18.8 Å². The zero-order chi connectivity index (χ0) is 12.7. The van der Waals surface area contributed by atoms with E-state index in [9.17, 15) is 0 Å². The van der Waals surface area contributed by atoms with Crippen molar-refractivity contribution in [2.24, 2.45) is 16.6 Å². The highest BCUT2D eigenvalue weighted by molar-refractivity contribution is 5.18. The van der Waals surface area contributed by atoms with E-state index in [-0.39, 0.29) is 0 Å². The monoisotopic (exact) mass is 237 g/mol. The molecule has 1 aromatic rings. The molecule has 96 valence electrons. The second-order valence-corrected chi connectivity index (χ2v) is 6.02. The van der Waals surface area contributed by atoms with E-state index in [1.807, 2.05) is 6.20 Å². The molecule has 0 spiro atoms. The van der Waals surface area contributed by atoms with Gasteiger partial charge in [0.15, 0.2) is 0 Å². The Morgan fingerprint density at radius 3 is 2.53 bits per heavy atom. The lowest BCUT2D eigenvalue weighted by molar-refractivity contribution is 0.457. The third-order valence-electron chi connectivity index (χ3n) is 4.45. The molecule has 1 saturated carbocycles. The summed E-state index contributed by atoms with van der Waals surface area (Å²) in [6.45, 7) is 11.3. The van der Waals surface area contributed by atoms with E-state index in [1.165, 1.54) is 0 Å². The van der Waals surface area contributed by atoms with E-state index in [2.05, 4.69) is 43.3 Å². The maximum atomic E-state index is 5.47. The van der Waals surface area contributed by atoms with Crippen LogP contribution in [-0.2, 0) is 13.1 Å². The van der Waals surface area contributed by atoms with Gasteiger partial charge in [-0.3, -0.25) is 4.68 Å². The van der Waals surface area contributed by atoms with Crippen LogP contribution in [0.2, 0.25) is 0 Å². The Hall–Kier alpha value is -0.940. The minimum absolute atomic E-state index is 0.361. The third kappa shape index (κ3) is 2.09. The summed E-state index contributed by atoms with van der Waals surface area (Å²) < 4.78 is 1.79. The Bertz CT molecular complexity index is 379. The Morgan fingerprint density at radius 2 is 2.00 bits per heavy atom. The van der Waals surface area contributed by atoms with Crippen molar-refractivity contribution < 1.29 is 0 Å². The lowest BCUT2D eigenvalue weighted by Crippen LogP contribution is -2.21. The van der Waals surface area contributed by atoms with Crippen LogP contribution in [0.1, 0.15) is 33.4 Å². The minimum atomic E-state index is 0.361. The maximum absolute atomic E-state index is 5.47. The van der Waals surface area contributed by atoms with Gasteiger partial charge < -0.3 is 11.1 Å². The highest BCUT2D eigenvalue weighted by atomic mass is 15.4. The van der Waals surface area contributed by atoms with Gasteiger partial charge in [-0.2, -0.15) is 0 Å². The molecule has 0 amide bonds. The summed E-state index contributed by atoms with van der Waals surface area (Å²) in [7, 11) is 0. The van der Waals surface area contributed by atoms with Crippen LogP contribution in [0.3, 0.4) is 0 Å². The van der Waals surface area contributed by atoms with Gasteiger partial charge in [0, 0.05) is 25.3 Å². The molecule has 2 rings (SSSR count). The number of aromatic nitrogens is 3. The van der Waals surface area contributed by atoms with E-state index in [0.29, 0.717) is 23.4 Å². The van der Waals surface area contributed by atoms with Gasteiger partial charge in [0.25, 0.3) is 0 Å².